The molecular weight excluding hydrogens is 452 g/mol. The van der Waals surface area contributed by atoms with Gasteiger partial charge in [-0.3, -0.25) is 9.59 Å². The van der Waals surface area contributed by atoms with Gasteiger partial charge in [0.25, 0.3) is 0 Å². The van der Waals surface area contributed by atoms with Gasteiger partial charge in [0.05, 0.1) is 12.7 Å². The number of hydrogen-bond acceptors (Lipinski definition) is 7. The molecule has 5 fully saturated rings. The van der Waals surface area contributed by atoms with E-state index in [0.29, 0.717) is 12.8 Å². The van der Waals surface area contributed by atoms with Gasteiger partial charge in [-0.2, -0.15) is 11.8 Å². The van der Waals surface area contributed by atoms with E-state index in [2.05, 4.69) is 6.92 Å². The Morgan fingerprint density at radius 1 is 1.09 bits per heavy atom. The van der Waals surface area contributed by atoms with Crippen LogP contribution in [0.3, 0.4) is 0 Å². The Kier molecular flexibility index (Phi) is 6.66. The third-order valence-corrected chi connectivity index (χ3v) is 11.5. The molecule has 5 aliphatic rings. The summed E-state index contributed by atoms with van der Waals surface area (Å²) in [5, 5.41) is 21.8. The molecule has 0 radical (unpaired) electrons. The van der Waals surface area contributed by atoms with Crippen LogP contribution in [0.25, 0.3) is 0 Å². The van der Waals surface area contributed by atoms with Crippen molar-refractivity contribution in [1.82, 2.24) is 0 Å². The number of Topliss-reactive ketones (excluding diaryl/α,β-unsaturated/α-hetero) is 1. The van der Waals surface area contributed by atoms with Crippen molar-refractivity contribution in [2.75, 3.05) is 18.1 Å². The van der Waals surface area contributed by atoms with Gasteiger partial charge in [0, 0.05) is 29.4 Å². The lowest BCUT2D eigenvalue weighted by molar-refractivity contribution is -0.253. The summed E-state index contributed by atoms with van der Waals surface area (Å²) in [6, 6.07) is 0. The third kappa shape index (κ3) is 3.39. The Labute approximate surface area is 207 Å². The zero-order valence-corrected chi connectivity index (χ0v) is 21.8. The van der Waals surface area contributed by atoms with Crippen LogP contribution in [0.5, 0.6) is 0 Å². The average Bonchev–Trinajstić information content (AvgIpc) is 3.25. The van der Waals surface area contributed by atoms with Crippen LogP contribution in [0, 0.1) is 39.9 Å². The molecule has 34 heavy (non-hydrogen) atoms. The Hall–Kier alpha value is -0.630. The normalized spacial score (nSPS) is 46.6. The number of fused-ring (bicyclic) bond motifs is 1. The lowest BCUT2D eigenvalue weighted by atomic mass is 9.43. The Bertz CT molecular complexity index is 815. The molecule has 3 aliphatic carbocycles. The first-order valence-electron chi connectivity index (χ1n) is 13.5. The number of hydrogen-bond donors (Lipinski definition) is 2. The van der Waals surface area contributed by atoms with Gasteiger partial charge in [0.1, 0.15) is 11.5 Å². The third-order valence-electron chi connectivity index (χ3n) is 10.4. The van der Waals surface area contributed by atoms with Crippen LogP contribution in [-0.2, 0) is 19.1 Å². The van der Waals surface area contributed by atoms with Gasteiger partial charge in [-0.1, -0.05) is 46.5 Å². The maximum absolute atomic E-state index is 14.1. The first-order valence-corrected chi connectivity index (χ1v) is 14.7. The number of ketones is 1. The van der Waals surface area contributed by atoms with Crippen LogP contribution in [-0.4, -0.2) is 58.6 Å². The van der Waals surface area contributed by atoms with Crippen molar-refractivity contribution < 1.29 is 29.3 Å². The summed E-state index contributed by atoms with van der Waals surface area (Å²) in [6.45, 7) is 6.46. The fraction of sp³-hybridized carbons (Fsp3) is 0.926. The number of aliphatic hydroxyl groups excluding tert-OH is 2. The SMILES string of the molecule is CCCCCCCSCC1C(=O)C23CC1CCC2C12COC(O)C1C(C)(C)C(O)CC2OC3=O. The molecule has 0 aromatic carbocycles. The molecule has 0 amide bonds. The molecule has 0 aromatic heterocycles. The van der Waals surface area contributed by atoms with Gasteiger partial charge in [-0.05, 0) is 48.7 Å². The van der Waals surface area contributed by atoms with Gasteiger partial charge in [0.2, 0.25) is 0 Å². The average molecular weight is 495 g/mol. The molecule has 2 N–H and O–H groups in total. The van der Waals surface area contributed by atoms with Crippen molar-refractivity contribution in [3.05, 3.63) is 0 Å². The molecule has 2 bridgehead atoms. The Morgan fingerprint density at radius 2 is 1.85 bits per heavy atom. The number of thioether (sulfide) groups is 1. The topological polar surface area (TPSA) is 93.1 Å². The Morgan fingerprint density at radius 3 is 2.62 bits per heavy atom. The summed E-state index contributed by atoms with van der Waals surface area (Å²) in [7, 11) is 0. The van der Waals surface area contributed by atoms with E-state index in [1.54, 1.807) is 0 Å². The summed E-state index contributed by atoms with van der Waals surface area (Å²) < 4.78 is 11.9. The number of esters is 1. The monoisotopic (exact) mass is 494 g/mol. The number of ether oxygens (including phenoxy) is 2. The number of unbranched alkanes of at least 4 members (excludes halogenated alkanes) is 4. The van der Waals surface area contributed by atoms with Crippen LogP contribution in [0.15, 0.2) is 0 Å². The predicted octanol–water partition coefficient (Wildman–Crippen LogP) is 3.96. The van der Waals surface area contributed by atoms with Gasteiger partial charge < -0.3 is 19.7 Å². The largest absolute Gasteiger partial charge is 0.461 e. The maximum Gasteiger partial charge on any atom is 0.320 e. The molecule has 9 atom stereocenters. The number of aliphatic hydroxyl groups is 2. The highest BCUT2D eigenvalue weighted by molar-refractivity contribution is 7.99. The molecule has 0 aromatic rings. The van der Waals surface area contributed by atoms with Crippen molar-refractivity contribution in [2.24, 2.45) is 39.9 Å². The van der Waals surface area contributed by atoms with Crippen molar-refractivity contribution in [1.29, 1.82) is 0 Å². The second-order valence-corrected chi connectivity index (χ2v) is 13.4. The number of rotatable bonds is 8. The molecule has 5 rings (SSSR count). The smallest absolute Gasteiger partial charge is 0.320 e. The van der Waals surface area contributed by atoms with Gasteiger partial charge in [-0.15, -0.1) is 0 Å². The highest BCUT2D eigenvalue weighted by Gasteiger charge is 2.78. The minimum Gasteiger partial charge on any atom is -0.461 e. The number of carbonyl (C=O) groups excluding carboxylic acids is 2. The summed E-state index contributed by atoms with van der Waals surface area (Å²) >= 11 is 1.87. The fourth-order valence-corrected chi connectivity index (χ4v) is 9.88. The second kappa shape index (κ2) is 9.04. The highest BCUT2D eigenvalue weighted by atomic mass is 32.2. The number of carbonyl (C=O) groups is 2. The fourth-order valence-electron chi connectivity index (χ4n) is 8.63. The molecule has 192 valence electrons. The summed E-state index contributed by atoms with van der Waals surface area (Å²) in [5.74, 6) is 1.17. The molecule has 2 heterocycles. The highest BCUT2D eigenvalue weighted by Crippen LogP contribution is 2.71. The molecule has 3 saturated carbocycles. The van der Waals surface area contributed by atoms with Crippen LogP contribution in [0.1, 0.15) is 78.6 Å². The van der Waals surface area contributed by atoms with E-state index in [0.717, 1.165) is 24.3 Å². The van der Waals surface area contributed by atoms with E-state index in [-0.39, 0.29) is 42.0 Å². The standard InChI is InChI=1S/C27H42O6S/c1-4-5-6-7-8-11-34-14-17-16-9-10-18-26(13-16,22(17)29)24(31)33-20-12-19(28)25(2,3)21-23(30)32-15-27(18,20)21/h16-21,23,28,30H,4-15H2,1-3H3. The van der Waals surface area contributed by atoms with Crippen molar-refractivity contribution >= 4 is 23.5 Å². The van der Waals surface area contributed by atoms with E-state index < -0.39 is 34.7 Å². The first-order chi connectivity index (χ1) is 16.2. The minimum atomic E-state index is -1.10. The van der Waals surface area contributed by atoms with Gasteiger partial charge >= 0.3 is 5.97 Å². The van der Waals surface area contributed by atoms with E-state index >= 15 is 0 Å². The van der Waals surface area contributed by atoms with Crippen LogP contribution < -0.4 is 0 Å². The van der Waals surface area contributed by atoms with Crippen LogP contribution in [0.4, 0.5) is 0 Å². The quantitative estimate of drug-likeness (QED) is 0.300. The van der Waals surface area contributed by atoms with E-state index in [1.165, 1.54) is 32.1 Å². The van der Waals surface area contributed by atoms with Crippen molar-refractivity contribution in [3.63, 3.8) is 0 Å². The van der Waals surface area contributed by atoms with Gasteiger partial charge in [0.15, 0.2) is 12.1 Å². The second-order valence-electron chi connectivity index (χ2n) is 12.3. The molecule has 2 saturated heterocycles. The molecule has 7 heteroatoms. The molecule has 9 unspecified atom stereocenters. The lowest BCUT2D eigenvalue weighted by Gasteiger charge is -2.62. The maximum atomic E-state index is 14.1. The summed E-state index contributed by atoms with van der Waals surface area (Å²) in [5.41, 5.74) is -2.31. The first kappa shape index (κ1) is 25.0. The lowest BCUT2D eigenvalue weighted by Crippen LogP contribution is -2.70. The summed E-state index contributed by atoms with van der Waals surface area (Å²) in [4.78, 5) is 27.7. The van der Waals surface area contributed by atoms with E-state index in [1.807, 2.05) is 25.6 Å². The molecule has 2 spiro atoms. The van der Waals surface area contributed by atoms with E-state index in [4.69, 9.17) is 9.47 Å². The van der Waals surface area contributed by atoms with Crippen LogP contribution in [0.2, 0.25) is 0 Å². The predicted molar refractivity (Wildman–Crippen MR) is 130 cm³/mol. The van der Waals surface area contributed by atoms with E-state index in [9.17, 15) is 19.8 Å². The van der Waals surface area contributed by atoms with Gasteiger partial charge in [-0.25, -0.2) is 0 Å². The Balaban J connectivity index is 1.38. The zero-order valence-electron chi connectivity index (χ0n) is 21.0. The molecule has 6 nitrogen and oxygen atoms in total. The van der Waals surface area contributed by atoms with Crippen LogP contribution >= 0.6 is 11.8 Å². The molecular formula is C27H42O6S. The summed E-state index contributed by atoms with van der Waals surface area (Å²) in [6.07, 6.45) is 6.66. The molecule has 2 aliphatic heterocycles. The van der Waals surface area contributed by atoms with Crippen molar-refractivity contribution in [3.8, 4) is 0 Å². The minimum absolute atomic E-state index is 0.0837. The van der Waals surface area contributed by atoms with Crippen molar-refractivity contribution in [2.45, 2.75) is 97.1 Å². The zero-order chi connectivity index (χ0) is 24.3.